The largest absolute Gasteiger partial charge is 0.398 e. The third-order valence-corrected chi connectivity index (χ3v) is 6.91. The highest BCUT2D eigenvalue weighted by atomic mass is 19.1. The van der Waals surface area contributed by atoms with Crippen molar-refractivity contribution in [1.82, 2.24) is 15.3 Å². The summed E-state index contributed by atoms with van der Waals surface area (Å²) in [4.78, 5) is 7.81. The molecule has 0 atom stereocenters. The van der Waals surface area contributed by atoms with Crippen LogP contribution >= 0.6 is 0 Å². The summed E-state index contributed by atoms with van der Waals surface area (Å²) in [5, 5.41) is 13.3. The number of benzene rings is 2. The molecule has 0 aliphatic heterocycles. The van der Waals surface area contributed by atoms with Crippen LogP contribution in [0.4, 0.5) is 4.39 Å². The van der Waals surface area contributed by atoms with Crippen molar-refractivity contribution in [2.24, 2.45) is 5.73 Å². The highest BCUT2D eigenvalue weighted by molar-refractivity contribution is 6.15. The van der Waals surface area contributed by atoms with Crippen LogP contribution in [0.1, 0.15) is 25.1 Å². The summed E-state index contributed by atoms with van der Waals surface area (Å²) in [6, 6.07) is 20.2. The first kappa shape index (κ1) is 29.9. The summed E-state index contributed by atoms with van der Waals surface area (Å²) >= 11 is 0. The Morgan fingerprint density at radius 2 is 1.83 bits per heavy atom. The van der Waals surface area contributed by atoms with Crippen molar-refractivity contribution in [2.75, 3.05) is 6.54 Å². The van der Waals surface area contributed by atoms with E-state index >= 15 is 0 Å². The van der Waals surface area contributed by atoms with Gasteiger partial charge < -0.3 is 16.0 Å². The van der Waals surface area contributed by atoms with Crippen LogP contribution in [0.25, 0.3) is 22.2 Å². The molecule has 0 radical (unpaired) electrons. The van der Waals surface area contributed by atoms with Crippen molar-refractivity contribution in [3.63, 3.8) is 0 Å². The number of aromatic amines is 1. The van der Waals surface area contributed by atoms with E-state index in [0.717, 1.165) is 28.6 Å². The fourth-order valence-corrected chi connectivity index (χ4v) is 4.60. The summed E-state index contributed by atoms with van der Waals surface area (Å²) in [7, 11) is 0. The van der Waals surface area contributed by atoms with E-state index in [-0.39, 0.29) is 11.5 Å². The molecule has 6 heteroatoms. The molecule has 2 aromatic carbocycles. The van der Waals surface area contributed by atoms with Crippen LogP contribution in [-0.4, -0.2) is 22.2 Å². The number of H-pyrrole nitrogens is 1. The molecule has 0 spiro atoms. The van der Waals surface area contributed by atoms with Gasteiger partial charge in [-0.3, -0.25) is 10.4 Å². The third-order valence-electron chi connectivity index (χ3n) is 6.91. The molecule has 0 amide bonds. The minimum Gasteiger partial charge on any atom is -0.398 e. The van der Waals surface area contributed by atoms with Crippen LogP contribution in [-0.2, 0) is 6.54 Å². The zero-order chi connectivity index (χ0) is 30.1. The number of hydrogen-bond donors (Lipinski definition) is 4. The zero-order valence-corrected chi connectivity index (χ0v) is 24.0. The number of nitrogens with zero attached hydrogens (tertiary/aromatic N) is 1. The summed E-state index contributed by atoms with van der Waals surface area (Å²) in [6.07, 6.45) is 11.1. The lowest BCUT2D eigenvalue weighted by Crippen LogP contribution is -2.16. The molecule has 4 rings (SSSR count). The lowest BCUT2D eigenvalue weighted by Gasteiger charge is -2.12. The molecule has 0 aliphatic rings. The van der Waals surface area contributed by atoms with Crippen molar-refractivity contribution >= 4 is 16.6 Å². The van der Waals surface area contributed by atoms with Gasteiger partial charge >= 0.3 is 0 Å². The van der Waals surface area contributed by atoms with Gasteiger partial charge in [-0.25, -0.2) is 4.39 Å². The van der Waals surface area contributed by atoms with Gasteiger partial charge in [0.2, 0.25) is 0 Å². The first-order valence-electron chi connectivity index (χ1n) is 13.7. The Hall–Kier alpha value is -5.07. The monoisotopic (exact) mass is 557 g/mol. The van der Waals surface area contributed by atoms with Gasteiger partial charge in [-0.2, -0.15) is 0 Å². The van der Waals surface area contributed by atoms with Gasteiger partial charge in [0.1, 0.15) is 5.82 Å². The van der Waals surface area contributed by atoms with Crippen LogP contribution in [0, 0.1) is 11.2 Å². The van der Waals surface area contributed by atoms with Crippen molar-refractivity contribution in [3.8, 4) is 11.3 Å². The number of fused-ring (bicyclic) bond motifs is 1. The van der Waals surface area contributed by atoms with Gasteiger partial charge in [0, 0.05) is 47.0 Å². The van der Waals surface area contributed by atoms with Crippen LogP contribution in [0.15, 0.2) is 144 Å². The second-order valence-corrected chi connectivity index (χ2v) is 9.77. The Morgan fingerprint density at radius 3 is 2.52 bits per heavy atom. The summed E-state index contributed by atoms with van der Waals surface area (Å²) < 4.78 is 13.9. The molecule has 0 unspecified atom stereocenters. The second-order valence-electron chi connectivity index (χ2n) is 9.77. The Bertz CT molecular complexity index is 1730. The number of rotatable bonds is 12. The first-order valence-corrected chi connectivity index (χ1v) is 13.7. The van der Waals surface area contributed by atoms with Gasteiger partial charge in [0.25, 0.3) is 0 Å². The van der Waals surface area contributed by atoms with Crippen LogP contribution in [0.2, 0.25) is 0 Å². The number of halogens is 1. The van der Waals surface area contributed by atoms with Crippen molar-refractivity contribution < 1.29 is 4.39 Å². The molecule has 2 aromatic heterocycles. The molecule has 5 N–H and O–H groups in total. The van der Waals surface area contributed by atoms with Gasteiger partial charge in [-0.15, -0.1) is 0 Å². The van der Waals surface area contributed by atoms with Crippen molar-refractivity contribution in [1.29, 1.82) is 5.41 Å². The van der Waals surface area contributed by atoms with Gasteiger partial charge in [0.05, 0.1) is 17.1 Å². The molecule has 212 valence electrons. The summed E-state index contributed by atoms with van der Waals surface area (Å²) in [5.74, 6) is -0.334. The third kappa shape index (κ3) is 7.16. The van der Waals surface area contributed by atoms with Crippen LogP contribution in [0.3, 0.4) is 0 Å². The minimum absolute atomic E-state index is 0.209. The van der Waals surface area contributed by atoms with E-state index in [9.17, 15) is 4.39 Å². The predicted molar refractivity (Wildman–Crippen MR) is 174 cm³/mol. The Balaban J connectivity index is 1.61. The van der Waals surface area contributed by atoms with E-state index in [0.29, 0.717) is 40.3 Å². The van der Waals surface area contributed by atoms with E-state index < -0.39 is 0 Å². The number of allylic oxidation sites excluding steroid dienone is 7. The van der Waals surface area contributed by atoms with Crippen LogP contribution in [0.5, 0.6) is 0 Å². The maximum Gasteiger partial charge on any atom is 0.123 e. The number of pyridine rings is 1. The second kappa shape index (κ2) is 14.0. The molecule has 0 aliphatic carbocycles. The zero-order valence-electron chi connectivity index (χ0n) is 24.0. The Kier molecular flexibility index (Phi) is 9.98. The Morgan fingerprint density at radius 1 is 1.05 bits per heavy atom. The molecule has 0 saturated heterocycles. The molecular weight excluding hydrogens is 521 g/mol. The number of aromatic nitrogens is 2. The minimum atomic E-state index is -0.334. The average molecular weight is 558 g/mol. The molecule has 5 nitrogen and oxygen atoms in total. The highest BCUT2D eigenvalue weighted by Gasteiger charge is 2.17. The Labute approximate surface area is 246 Å². The topological polar surface area (TPSA) is 90.6 Å². The number of nitrogens with one attached hydrogen (secondary N) is 3. The maximum atomic E-state index is 13.9. The smallest absolute Gasteiger partial charge is 0.123 e. The summed E-state index contributed by atoms with van der Waals surface area (Å²) in [6.45, 7) is 13.5. The van der Waals surface area contributed by atoms with Gasteiger partial charge in [-0.05, 0) is 66.5 Å². The SMILES string of the molecule is C=C/C(=C\C(=C/C)C(=C)/C=C(C(=N)c1cc2c(-c3cccc(F)c3)nccc2[nH]1)\C(N)=C/C)CNCc1ccccc1. The number of nitrogens with two attached hydrogens (primary N) is 1. The molecule has 0 saturated carbocycles. The van der Waals surface area contributed by atoms with E-state index in [4.69, 9.17) is 11.1 Å². The summed E-state index contributed by atoms with van der Waals surface area (Å²) in [5.41, 5.74) is 14.1. The predicted octanol–water partition coefficient (Wildman–Crippen LogP) is 7.93. The maximum absolute atomic E-state index is 13.9. The molecule has 42 heavy (non-hydrogen) atoms. The molecule has 4 aromatic rings. The van der Waals surface area contributed by atoms with E-state index in [1.54, 1.807) is 18.3 Å². The van der Waals surface area contributed by atoms with Gasteiger partial charge in [-0.1, -0.05) is 79.9 Å². The molecule has 0 fully saturated rings. The highest BCUT2D eigenvalue weighted by Crippen LogP contribution is 2.29. The normalized spacial score (nSPS) is 12.9. The van der Waals surface area contributed by atoms with Crippen molar-refractivity contribution in [2.45, 2.75) is 20.4 Å². The van der Waals surface area contributed by atoms with E-state index in [1.807, 2.05) is 74.5 Å². The van der Waals surface area contributed by atoms with Crippen molar-refractivity contribution in [3.05, 3.63) is 162 Å². The molecule has 2 heterocycles. The van der Waals surface area contributed by atoms with Gasteiger partial charge in [0.15, 0.2) is 0 Å². The fraction of sp³-hybridized carbons (Fsp3) is 0.111. The molecule has 0 bridgehead atoms. The first-order chi connectivity index (χ1) is 20.3. The standard InChI is InChI=1S/C36H36FN5/c1-5-25(22-40-23-26-12-9-8-10-13-26)19-27(6-2)24(4)18-30(32(38)7-3)35(39)34-21-31-33(42-34)16-17-41-36(31)28-14-11-15-29(37)20-28/h5-21,39-40,42H,1,4,22-23,38H2,2-3H3/b25-19+,27-6+,30-18+,32-7+,39-35?. The number of hydrogen-bond acceptors (Lipinski definition) is 4. The lowest BCUT2D eigenvalue weighted by molar-refractivity contribution is 0.628. The van der Waals surface area contributed by atoms with Crippen LogP contribution < -0.4 is 11.1 Å². The van der Waals surface area contributed by atoms with E-state index in [2.05, 4.69) is 40.6 Å². The fourth-order valence-electron chi connectivity index (χ4n) is 4.60. The molecular formula is C36H36FN5. The average Bonchev–Trinajstić information content (AvgIpc) is 3.46. The van der Waals surface area contributed by atoms with E-state index in [1.165, 1.54) is 17.7 Å². The quantitative estimate of drug-likeness (QED) is 0.105. The lowest BCUT2D eigenvalue weighted by atomic mass is 9.96.